The SMILES string of the molecule is COc1cc2ncnc(Nc3ccc(OC(F)(F)F)c(Cl)c3)c2cc1OC1[C@@H]2CNC[C@H]1C2. The molecule has 2 aliphatic rings. The summed E-state index contributed by atoms with van der Waals surface area (Å²) in [7, 11) is 1.57. The third-order valence-corrected chi connectivity index (χ3v) is 6.25. The van der Waals surface area contributed by atoms with Crippen LogP contribution in [0.4, 0.5) is 24.7 Å². The van der Waals surface area contributed by atoms with Crippen LogP contribution in [0.1, 0.15) is 6.42 Å². The molecule has 2 N–H and O–H groups in total. The first kappa shape index (κ1) is 21.8. The number of fused-ring (bicyclic) bond motifs is 3. The zero-order valence-corrected chi connectivity index (χ0v) is 18.2. The molecule has 0 amide bonds. The molecule has 1 aliphatic carbocycles. The molecule has 2 heterocycles. The maximum atomic E-state index is 12.5. The van der Waals surface area contributed by atoms with Crippen LogP contribution in [0.3, 0.4) is 0 Å². The molecule has 0 radical (unpaired) electrons. The second-order valence-electron chi connectivity index (χ2n) is 8.06. The van der Waals surface area contributed by atoms with Crippen LogP contribution in [-0.4, -0.2) is 42.6 Å². The Kier molecular flexibility index (Phi) is 5.57. The maximum absolute atomic E-state index is 12.5. The van der Waals surface area contributed by atoms with E-state index in [2.05, 4.69) is 25.3 Å². The minimum Gasteiger partial charge on any atom is -0.493 e. The molecule has 11 heteroatoms. The van der Waals surface area contributed by atoms with Gasteiger partial charge in [-0.1, -0.05) is 11.6 Å². The van der Waals surface area contributed by atoms with Crippen molar-refractivity contribution in [1.29, 1.82) is 0 Å². The summed E-state index contributed by atoms with van der Waals surface area (Å²) in [6.07, 6.45) is -2.17. The van der Waals surface area contributed by atoms with Gasteiger partial charge < -0.3 is 24.8 Å². The van der Waals surface area contributed by atoms with E-state index in [-0.39, 0.29) is 11.1 Å². The molecule has 33 heavy (non-hydrogen) atoms. The molecule has 2 bridgehead atoms. The fraction of sp³-hybridized carbons (Fsp3) is 0.364. The van der Waals surface area contributed by atoms with E-state index >= 15 is 0 Å². The zero-order chi connectivity index (χ0) is 23.2. The number of nitrogens with zero attached hydrogens (tertiary/aromatic N) is 2. The minimum atomic E-state index is -4.83. The Bertz CT molecular complexity index is 1180. The second-order valence-corrected chi connectivity index (χ2v) is 8.46. The topological polar surface area (TPSA) is 77.5 Å². The molecule has 5 rings (SSSR count). The molecule has 3 aromatic rings. The number of methoxy groups -OCH3 is 1. The number of piperidine rings is 2. The highest BCUT2D eigenvalue weighted by Crippen LogP contribution is 2.43. The zero-order valence-electron chi connectivity index (χ0n) is 17.4. The van der Waals surface area contributed by atoms with Gasteiger partial charge in [0.1, 0.15) is 24.0 Å². The van der Waals surface area contributed by atoms with Gasteiger partial charge in [-0.3, -0.25) is 0 Å². The highest BCUT2D eigenvalue weighted by Gasteiger charge is 2.45. The quantitative estimate of drug-likeness (QED) is 0.518. The molecule has 1 aromatic heterocycles. The summed E-state index contributed by atoms with van der Waals surface area (Å²) in [5, 5.41) is 6.96. The van der Waals surface area contributed by atoms with Crippen LogP contribution in [0.15, 0.2) is 36.7 Å². The van der Waals surface area contributed by atoms with E-state index in [1.807, 2.05) is 6.07 Å². The summed E-state index contributed by atoms with van der Waals surface area (Å²) >= 11 is 5.97. The molecular formula is C22H20ClF3N4O3. The van der Waals surface area contributed by atoms with Gasteiger partial charge in [0.15, 0.2) is 11.5 Å². The van der Waals surface area contributed by atoms with Crippen molar-refractivity contribution in [3.8, 4) is 17.2 Å². The maximum Gasteiger partial charge on any atom is 0.573 e. The Hall–Kier alpha value is -2.98. The van der Waals surface area contributed by atoms with Gasteiger partial charge in [-0.2, -0.15) is 0 Å². The number of alkyl halides is 3. The van der Waals surface area contributed by atoms with Gasteiger partial charge in [-0.05, 0) is 30.7 Å². The van der Waals surface area contributed by atoms with Gasteiger partial charge in [0.2, 0.25) is 0 Å². The molecule has 3 atom stereocenters. The number of nitrogens with one attached hydrogen (secondary N) is 2. The third kappa shape index (κ3) is 4.45. The number of aromatic nitrogens is 2. The Labute approximate surface area is 192 Å². The van der Waals surface area contributed by atoms with Gasteiger partial charge in [0.05, 0.1) is 17.6 Å². The number of anilines is 2. The average molecular weight is 481 g/mol. The van der Waals surface area contributed by atoms with Crippen molar-refractivity contribution in [3.05, 3.63) is 41.7 Å². The van der Waals surface area contributed by atoms with Crippen LogP contribution in [0.25, 0.3) is 10.9 Å². The highest BCUT2D eigenvalue weighted by atomic mass is 35.5. The van der Waals surface area contributed by atoms with E-state index < -0.39 is 12.1 Å². The predicted molar refractivity (Wildman–Crippen MR) is 116 cm³/mol. The number of hydrogen-bond donors (Lipinski definition) is 2. The Morgan fingerprint density at radius 3 is 2.52 bits per heavy atom. The summed E-state index contributed by atoms with van der Waals surface area (Å²) in [4.78, 5) is 8.61. The van der Waals surface area contributed by atoms with E-state index in [0.717, 1.165) is 25.6 Å². The van der Waals surface area contributed by atoms with E-state index in [9.17, 15) is 13.2 Å². The monoisotopic (exact) mass is 480 g/mol. The first-order valence-corrected chi connectivity index (χ1v) is 10.7. The van der Waals surface area contributed by atoms with Crippen molar-refractivity contribution in [2.75, 3.05) is 25.5 Å². The molecule has 2 aromatic carbocycles. The predicted octanol–water partition coefficient (Wildman–Crippen LogP) is 4.92. The van der Waals surface area contributed by atoms with Gasteiger partial charge in [-0.25, -0.2) is 9.97 Å². The van der Waals surface area contributed by atoms with Gasteiger partial charge >= 0.3 is 6.36 Å². The van der Waals surface area contributed by atoms with Crippen molar-refractivity contribution < 1.29 is 27.4 Å². The van der Waals surface area contributed by atoms with E-state index in [4.69, 9.17) is 21.1 Å². The summed E-state index contributed by atoms with van der Waals surface area (Å²) in [6.45, 7) is 1.86. The standard InChI is InChI=1S/C22H20ClF3N4O3/c1-31-18-7-16-14(6-19(18)32-20-11-4-12(20)9-27-8-11)21(29-10-28-16)30-13-2-3-17(15(23)5-13)33-22(24,25)26/h2-3,5-7,10-12,20,27H,4,8-9H2,1H3,(H,28,29,30)/t11-,12+,20?. The lowest BCUT2D eigenvalue weighted by Crippen LogP contribution is -2.59. The number of hydrogen-bond acceptors (Lipinski definition) is 7. The van der Waals surface area contributed by atoms with Crippen LogP contribution >= 0.6 is 11.6 Å². The number of ether oxygens (including phenoxy) is 3. The fourth-order valence-electron chi connectivity index (χ4n) is 4.38. The van der Waals surface area contributed by atoms with Gasteiger partial charge in [0, 0.05) is 42.1 Å². The summed E-state index contributed by atoms with van der Waals surface area (Å²) in [5.74, 6) is 2.06. The lowest BCUT2D eigenvalue weighted by atomic mass is 9.69. The number of halogens is 4. The van der Waals surface area contributed by atoms with Crippen molar-refractivity contribution in [3.63, 3.8) is 0 Å². The number of benzene rings is 2. The van der Waals surface area contributed by atoms with E-state index in [0.29, 0.717) is 45.7 Å². The van der Waals surface area contributed by atoms with Crippen molar-refractivity contribution in [1.82, 2.24) is 15.3 Å². The summed E-state index contributed by atoms with van der Waals surface area (Å²) in [5.41, 5.74) is 1.06. The molecule has 7 nitrogen and oxygen atoms in total. The lowest BCUT2D eigenvalue weighted by Gasteiger charge is -2.49. The van der Waals surface area contributed by atoms with Gasteiger partial charge in [0.25, 0.3) is 0 Å². The molecule has 1 saturated heterocycles. The molecule has 0 spiro atoms. The van der Waals surface area contributed by atoms with Crippen LogP contribution in [-0.2, 0) is 0 Å². The molecule has 1 saturated carbocycles. The molecule has 1 unspecified atom stereocenters. The van der Waals surface area contributed by atoms with Gasteiger partial charge in [-0.15, -0.1) is 13.2 Å². The van der Waals surface area contributed by atoms with Crippen LogP contribution in [0.2, 0.25) is 5.02 Å². The van der Waals surface area contributed by atoms with Crippen LogP contribution in [0.5, 0.6) is 17.2 Å². The molecule has 1 aliphatic heterocycles. The molecule has 2 fully saturated rings. The molecule has 174 valence electrons. The average Bonchev–Trinajstić information content (AvgIpc) is 2.78. The van der Waals surface area contributed by atoms with Crippen molar-refractivity contribution in [2.45, 2.75) is 18.9 Å². The Balaban J connectivity index is 1.44. The normalized spacial score (nSPS) is 21.9. The van der Waals surface area contributed by atoms with Crippen molar-refractivity contribution >= 4 is 34.0 Å². The van der Waals surface area contributed by atoms with Crippen LogP contribution < -0.4 is 24.8 Å². The number of rotatable bonds is 6. The summed E-state index contributed by atoms with van der Waals surface area (Å²) in [6, 6.07) is 7.49. The first-order chi connectivity index (χ1) is 15.8. The summed E-state index contributed by atoms with van der Waals surface area (Å²) < 4.78 is 53.3. The van der Waals surface area contributed by atoms with Crippen LogP contribution in [0, 0.1) is 11.8 Å². The molecular weight excluding hydrogens is 461 g/mol. The Morgan fingerprint density at radius 1 is 1.06 bits per heavy atom. The third-order valence-electron chi connectivity index (χ3n) is 5.95. The second kappa shape index (κ2) is 8.42. The fourth-order valence-corrected chi connectivity index (χ4v) is 4.60. The lowest BCUT2D eigenvalue weighted by molar-refractivity contribution is -0.274. The first-order valence-electron chi connectivity index (χ1n) is 10.3. The Morgan fingerprint density at radius 2 is 1.85 bits per heavy atom. The minimum absolute atomic E-state index is 0.124. The van der Waals surface area contributed by atoms with E-state index in [1.54, 1.807) is 13.2 Å². The largest absolute Gasteiger partial charge is 0.573 e. The smallest absolute Gasteiger partial charge is 0.493 e. The highest BCUT2D eigenvalue weighted by molar-refractivity contribution is 6.32. The van der Waals surface area contributed by atoms with E-state index in [1.165, 1.54) is 18.5 Å². The van der Waals surface area contributed by atoms with Crippen molar-refractivity contribution in [2.24, 2.45) is 11.8 Å².